The molecule has 3 heterocycles. The fourth-order valence-corrected chi connectivity index (χ4v) is 6.58. The molecule has 0 unspecified atom stereocenters. The van der Waals surface area contributed by atoms with Crippen LogP contribution >= 0.6 is 0 Å². The van der Waals surface area contributed by atoms with Crippen LogP contribution in [0.25, 0.3) is 6.08 Å². The Morgan fingerprint density at radius 3 is 2.09 bits per heavy atom. The van der Waals surface area contributed by atoms with Crippen LogP contribution in [0.2, 0.25) is 0 Å². The lowest BCUT2D eigenvalue weighted by Gasteiger charge is -2.51. The summed E-state index contributed by atoms with van der Waals surface area (Å²) in [6.45, 7) is 4.32. The average molecular weight is 465 g/mol. The van der Waals surface area contributed by atoms with E-state index in [0.717, 1.165) is 54.4 Å². The molecule has 1 aliphatic carbocycles. The molecular formula is C32H34NO2+. The highest BCUT2D eigenvalue weighted by Gasteiger charge is 2.47. The third-order valence-corrected chi connectivity index (χ3v) is 8.54. The Balaban J connectivity index is 1.22. The van der Waals surface area contributed by atoms with Crippen molar-refractivity contribution in [1.82, 2.24) is 0 Å². The minimum absolute atomic E-state index is 0.0118. The minimum Gasteiger partial charge on any atom is -0.455 e. The first-order valence-electron chi connectivity index (χ1n) is 13.1. The topological polar surface area (TPSA) is 26.3 Å². The van der Waals surface area contributed by atoms with Crippen molar-refractivity contribution < 1.29 is 14.0 Å². The van der Waals surface area contributed by atoms with Gasteiger partial charge in [0.2, 0.25) is 0 Å². The number of benzene rings is 3. The molecule has 3 fully saturated rings. The number of hydrogen-bond donors (Lipinski definition) is 0. The van der Waals surface area contributed by atoms with Gasteiger partial charge in [-0.2, -0.15) is 0 Å². The van der Waals surface area contributed by atoms with Gasteiger partial charge in [-0.15, -0.1) is 0 Å². The molecular weight excluding hydrogens is 430 g/mol. The van der Waals surface area contributed by atoms with E-state index in [1.54, 1.807) is 0 Å². The van der Waals surface area contributed by atoms with Crippen LogP contribution in [0.1, 0.15) is 46.6 Å². The summed E-state index contributed by atoms with van der Waals surface area (Å²) in [6.07, 6.45) is 8.79. The average Bonchev–Trinajstić information content (AvgIpc) is 3.07. The molecule has 7 rings (SSSR count). The summed E-state index contributed by atoms with van der Waals surface area (Å²) in [7, 11) is 0. The second kappa shape index (κ2) is 9.47. The first-order chi connectivity index (χ1) is 17.2. The molecule has 178 valence electrons. The molecule has 3 nitrogen and oxygen atoms in total. The second-order valence-electron chi connectivity index (χ2n) is 10.6. The van der Waals surface area contributed by atoms with Crippen molar-refractivity contribution in [3.63, 3.8) is 0 Å². The van der Waals surface area contributed by atoms with E-state index < -0.39 is 0 Å². The first kappa shape index (κ1) is 22.3. The predicted molar refractivity (Wildman–Crippen MR) is 140 cm³/mol. The Labute approximate surface area is 208 Å². The number of piperidine rings is 3. The Morgan fingerprint density at radius 2 is 1.43 bits per heavy atom. The number of quaternary nitrogens is 1. The Kier molecular flexibility index (Phi) is 6.03. The Morgan fingerprint density at radius 1 is 0.829 bits per heavy atom. The standard InChI is InChI=1S/C32H34NO2/c34-32(31-28-14-6-4-12-25(28)16-17-26-13-5-7-15-29(26)31)35-30-23-33(21-18-27(30)19-22-33)20-8-11-24-9-2-1-3-10-24/h1-15,27,30-31H,16-23H2/q+1/t27?,30-,33?/m0/s1. The van der Waals surface area contributed by atoms with Crippen LogP contribution in [-0.2, 0) is 22.4 Å². The van der Waals surface area contributed by atoms with Gasteiger partial charge in [0.1, 0.15) is 12.5 Å². The number of carbonyl (C=O) groups excluding carboxylic acids is 1. The molecule has 3 aliphatic heterocycles. The zero-order chi connectivity index (χ0) is 23.7. The van der Waals surface area contributed by atoms with Gasteiger partial charge >= 0.3 is 5.97 Å². The third kappa shape index (κ3) is 4.46. The number of hydrogen-bond acceptors (Lipinski definition) is 2. The lowest BCUT2D eigenvalue weighted by atomic mass is 9.82. The van der Waals surface area contributed by atoms with Crippen molar-refractivity contribution in [2.45, 2.75) is 37.7 Å². The highest BCUT2D eigenvalue weighted by atomic mass is 16.5. The molecule has 3 aromatic carbocycles. The second-order valence-corrected chi connectivity index (χ2v) is 10.6. The van der Waals surface area contributed by atoms with Gasteiger partial charge < -0.3 is 9.22 Å². The summed E-state index contributed by atoms with van der Waals surface area (Å²) in [5.74, 6) is 0.101. The number of nitrogens with zero attached hydrogens (tertiary/aromatic N) is 1. The number of carbonyl (C=O) groups is 1. The molecule has 2 bridgehead atoms. The van der Waals surface area contributed by atoms with Gasteiger partial charge in [0.15, 0.2) is 6.10 Å². The van der Waals surface area contributed by atoms with Crippen molar-refractivity contribution in [2.75, 3.05) is 26.2 Å². The quantitative estimate of drug-likeness (QED) is 0.353. The van der Waals surface area contributed by atoms with Crippen LogP contribution in [-0.4, -0.2) is 42.7 Å². The van der Waals surface area contributed by atoms with E-state index in [4.69, 9.17) is 4.74 Å². The van der Waals surface area contributed by atoms with Crippen molar-refractivity contribution in [3.8, 4) is 0 Å². The van der Waals surface area contributed by atoms with Crippen LogP contribution in [0.3, 0.4) is 0 Å². The molecule has 3 saturated heterocycles. The van der Waals surface area contributed by atoms with E-state index in [2.05, 4.69) is 91.0 Å². The van der Waals surface area contributed by atoms with Crippen LogP contribution < -0.4 is 0 Å². The van der Waals surface area contributed by atoms with Crippen molar-refractivity contribution in [3.05, 3.63) is 113 Å². The first-order valence-corrected chi connectivity index (χ1v) is 13.1. The minimum atomic E-state index is -0.327. The molecule has 0 aromatic heterocycles. The van der Waals surface area contributed by atoms with Crippen LogP contribution in [0, 0.1) is 5.92 Å². The summed E-state index contributed by atoms with van der Waals surface area (Å²) < 4.78 is 7.48. The Hall–Kier alpha value is -3.17. The van der Waals surface area contributed by atoms with E-state index in [1.165, 1.54) is 29.8 Å². The SMILES string of the molecule is O=C(O[C@H]1C[N+]2(CC=Cc3ccccc3)CCC1CC2)C1c2ccccc2CCc2ccccc21. The number of ether oxygens (including phenoxy) is 1. The highest BCUT2D eigenvalue weighted by molar-refractivity contribution is 5.84. The summed E-state index contributed by atoms with van der Waals surface area (Å²) >= 11 is 0. The Bertz CT molecular complexity index is 1180. The van der Waals surface area contributed by atoms with Gasteiger partial charge in [-0.05, 0) is 46.7 Å². The van der Waals surface area contributed by atoms with E-state index in [0.29, 0.717) is 5.92 Å². The summed E-state index contributed by atoms with van der Waals surface area (Å²) in [4.78, 5) is 13.9. The number of fused-ring (bicyclic) bond motifs is 5. The van der Waals surface area contributed by atoms with Gasteiger partial charge in [0.25, 0.3) is 0 Å². The molecule has 1 atom stereocenters. The van der Waals surface area contributed by atoms with Crippen molar-refractivity contribution in [1.29, 1.82) is 0 Å². The molecule has 0 amide bonds. The van der Waals surface area contributed by atoms with Crippen LogP contribution in [0.15, 0.2) is 84.9 Å². The van der Waals surface area contributed by atoms with Gasteiger partial charge in [-0.3, -0.25) is 4.79 Å². The fraction of sp³-hybridized carbons (Fsp3) is 0.344. The number of rotatable bonds is 5. The van der Waals surface area contributed by atoms with Gasteiger partial charge in [-0.1, -0.05) is 84.9 Å². The molecule has 0 spiro atoms. The van der Waals surface area contributed by atoms with E-state index in [-0.39, 0.29) is 18.0 Å². The zero-order valence-corrected chi connectivity index (χ0v) is 20.3. The van der Waals surface area contributed by atoms with E-state index in [1.807, 2.05) is 0 Å². The van der Waals surface area contributed by atoms with E-state index in [9.17, 15) is 4.79 Å². The third-order valence-electron chi connectivity index (χ3n) is 8.54. The lowest BCUT2D eigenvalue weighted by Crippen LogP contribution is -2.64. The molecule has 4 aliphatic rings. The van der Waals surface area contributed by atoms with Gasteiger partial charge in [0, 0.05) is 18.8 Å². The van der Waals surface area contributed by atoms with Gasteiger partial charge in [0.05, 0.1) is 19.6 Å². The molecule has 35 heavy (non-hydrogen) atoms. The summed E-state index contributed by atoms with van der Waals surface area (Å²) in [5, 5.41) is 0. The maximum absolute atomic E-state index is 13.9. The largest absolute Gasteiger partial charge is 0.455 e. The highest BCUT2D eigenvalue weighted by Crippen LogP contribution is 2.39. The fourth-order valence-electron chi connectivity index (χ4n) is 6.58. The summed E-state index contributed by atoms with van der Waals surface area (Å²) in [6, 6.07) is 27.4. The molecule has 0 radical (unpaired) electrons. The van der Waals surface area contributed by atoms with Gasteiger partial charge in [-0.25, -0.2) is 0 Å². The molecule has 0 saturated carbocycles. The van der Waals surface area contributed by atoms with Crippen LogP contribution in [0.4, 0.5) is 0 Å². The molecule has 3 heteroatoms. The monoisotopic (exact) mass is 464 g/mol. The predicted octanol–water partition coefficient (Wildman–Crippen LogP) is 5.78. The lowest BCUT2D eigenvalue weighted by molar-refractivity contribution is -0.941. The van der Waals surface area contributed by atoms with Crippen molar-refractivity contribution in [2.24, 2.45) is 5.92 Å². The molecule has 0 N–H and O–H groups in total. The zero-order valence-electron chi connectivity index (χ0n) is 20.3. The normalized spacial score (nSPS) is 25.6. The maximum atomic E-state index is 13.9. The number of aryl methyl sites for hydroxylation is 2. The number of esters is 1. The van der Waals surface area contributed by atoms with Crippen LogP contribution in [0.5, 0.6) is 0 Å². The van der Waals surface area contributed by atoms with E-state index >= 15 is 0 Å². The summed E-state index contributed by atoms with van der Waals surface area (Å²) in [5.41, 5.74) is 6.03. The molecule has 3 aromatic rings. The maximum Gasteiger partial charge on any atom is 0.318 e. The smallest absolute Gasteiger partial charge is 0.318 e. The van der Waals surface area contributed by atoms with Crippen molar-refractivity contribution >= 4 is 12.0 Å².